The molecule has 1 aliphatic carbocycles. The molecule has 1 N–H and O–H groups in total. The zero-order chi connectivity index (χ0) is 17.2. The van der Waals surface area contributed by atoms with Crippen LogP contribution in [-0.4, -0.2) is 41.2 Å². The first-order chi connectivity index (χ1) is 12.2. The fourth-order valence-corrected chi connectivity index (χ4v) is 4.17. The zero-order valence-electron chi connectivity index (χ0n) is 14.9. The van der Waals surface area contributed by atoms with E-state index in [0.717, 1.165) is 30.2 Å². The van der Waals surface area contributed by atoms with E-state index >= 15 is 0 Å². The molecule has 130 valence electrons. The number of rotatable bonds is 5. The molecule has 0 radical (unpaired) electrons. The van der Waals surface area contributed by atoms with Crippen LogP contribution in [0.15, 0.2) is 41.5 Å². The molecule has 4 nitrogen and oxygen atoms in total. The molecule has 0 saturated heterocycles. The van der Waals surface area contributed by atoms with E-state index in [-0.39, 0.29) is 0 Å². The molecule has 3 aromatic rings. The Morgan fingerprint density at radius 2 is 1.96 bits per heavy atom. The molecule has 0 bridgehead atoms. The van der Waals surface area contributed by atoms with E-state index in [1.165, 1.54) is 42.0 Å². The lowest BCUT2D eigenvalue weighted by atomic mass is 9.86. The Bertz CT molecular complexity index is 874. The maximum atomic E-state index is 4.66. The number of aromatic nitrogens is 2. The molecular formula is C21H26N4. The molecule has 0 atom stereocenters. The van der Waals surface area contributed by atoms with Gasteiger partial charge in [0.05, 0.1) is 17.4 Å². The van der Waals surface area contributed by atoms with Crippen LogP contribution >= 0.6 is 0 Å². The Labute approximate surface area is 149 Å². The Balaban J connectivity index is 1.45. The van der Waals surface area contributed by atoms with E-state index in [4.69, 9.17) is 0 Å². The first-order valence-corrected chi connectivity index (χ1v) is 9.22. The summed E-state index contributed by atoms with van der Waals surface area (Å²) in [6.07, 6.45) is 6.90. The Morgan fingerprint density at radius 3 is 2.76 bits per heavy atom. The molecule has 4 heteroatoms. The van der Waals surface area contributed by atoms with Gasteiger partial charge in [-0.05, 0) is 57.5 Å². The fourth-order valence-electron chi connectivity index (χ4n) is 4.17. The lowest BCUT2D eigenvalue weighted by Gasteiger charge is -2.29. The van der Waals surface area contributed by atoms with Gasteiger partial charge in [0.2, 0.25) is 0 Å². The van der Waals surface area contributed by atoms with Crippen molar-refractivity contribution in [2.45, 2.75) is 38.3 Å². The van der Waals surface area contributed by atoms with Crippen LogP contribution < -0.4 is 0 Å². The first kappa shape index (κ1) is 16.3. The highest BCUT2D eigenvalue weighted by Crippen LogP contribution is 2.28. The van der Waals surface area contributed by atoms with Gasteiger partial charge >= 0.3 is 0 Å². The largest absolute Gasteiger partial charge is 0.353 e. The van der Waals surface area contributed by atoms with E-state index in [2.05, 4.69) is 64.0 Å². The van der Waals surface area contributed by atoms with Crippen molar-refractivity contribution in [3.8, 4) is 0 Å². The van der Waals surface area contributed by atoms with Crippen molar-refractivity contribution in [2.75, 3.05) is 13.6 Å². The third-order valence-electron chi connectivity index (χ3n) is 5.52. The SMILES string of the molecule is C=NC1CCC(CN(C)Cc2cc3c(cn2)[nH]c2ccccc23)CC1. The molecule has 0 amide bonds. The van der Waals surface area contributed by atoms with Crippen LogP contribution in [0.3, 0.4) is 0 Å². The second-order valence-electron chi connectivity index (χ2n) is 7.45. The van der Waals surface area contributed by atoms with Crippen molar-refractivity contribution in [3.05, 3.63) is 42.2 Å². The number of nitrogens with zero attached hydrogens (tertiary/aromatic N) is 3. The van der Waals surface area contributed by atoms with E-state index in [1.807, 2.05) is 6.20 Å². The van der Waals surface area contributed by atoms with Crippen LogP contribution in [0.25, 0.3) is 21.8 Å². The van der Waals surface area contributed by atoms with Crippen LogP contribution in [0.2, 0.25) is 0 Å². The molecule has 0 spiro atoms. The van der Waals surface area contributed by atoms with Gasteiger partial charge in [0.1, 0.15) is 0 Å². The summed E-state index contributed by atoms with van der Waals surface area (Å²) in [5.74, 6) is 0.778. The minimum absolute atomic E-state index is 0.493. The minimum Gasteiger partial charge on any atom is -0.353 e. The second kappa shape index (κ2) is 6.96. The average Bonchev–Trinajstić information content (AvgIpc) is 3.00. The molecular weight excluding hydrogens is 308 g/mol. The summed E-state index contributed by atoms with van der Waals surface area (Å²) in [4.78, 5) is 14.7. The molecule has 1 saturated carbocycles. The standard InChI is InChI=1S/C21H26N4/c1-22-16-9-7-15(8-10-16)13-25(2)14-17-11-19-18-5-3-4-6-20(18)24-21(19)12-23-17/h3-6,11-12,15-16,24H,1,7-10,13-14H2,2H3. The summed E-state index contributed by atoms with van der Waals surface area (Å²) in [6, 6.07) is 11.2. The first-order valence-electron chi connectivity index (χ1n) is 9.22. The molecule has 1 fully saturated rings. The molecule has 2 heterocycles. The van der Waals surface area contributed by atoms with Crippen LogP contribution in [0.4, 0.5) is 0 Å². The Kier molecular flexibility index (Phi) is 4.53. The number of fused-ring (bicyclic) bond motifs is 3. The third-order valence-corrected chi connectivity index (χ3v) is 5.52. The van der Waals surface area contributed by atoms with Crippen LogP contribution in [0.1, 0.15) is 31.4 Å². The number of aliphatic imine (C=N–C) groups is 1. The predicted octanol–water partition coefficient (Wildman–Crippen LogP) is 4.41. The summed E-state index contributed by atoms with van der Waals surface area (Å²) in [5, 5.41) is 2.55. The molecule has 2 aromatic heterocycles. The average molecular weight is 334 g/mol. The number of para-hydroxylation sites is 1. The van der Waals surface area contributed by atoms with Crippen LogP contribution in [0, 0.1) is 5.92 Å². The topological polar surface area (TPSA) is 44.3 Å². The van der Waals surface area contributed by atoms with Gasteiger partial charge in [-0.25, -0.2) is 0 Å². The van der Waals surface area contributed by atoms with E-state index in [1.54, 1.807) is 0 Å². The minimum atomic E-state index is 0.493. The van der Waals surface area contributed by atoms with Crippen LogP contribution in [0.5, 0.6) is 0 Å². The van der Waals surface area contributed by atoms with Gasteiger partial charge in [-0.15, -0.1) is 0 Å². The molecule has 1 aromatic carbocycles. The zero-order valence-corrected chi connectivity index (χ0v) is 14.9. The summed E-state index contributed by atoms with van der Waals surface area (Å²) < 4.78 is 0. The van der Waals surface area contributed by atoms with E-state index < -0.39 is 0 Å². The second-order valence-corrected chi connectivity index (χ2v) is 7.45. The maximum Gasteiger partial charge on any atom is 0.0651 e. The lowest BCUT2D eigenvalue weighted by molar-refractivity contribution is 0.218. The number of H-pyrrole nitrogens is 1. The van der Waals surface area contributed by atoms with Crippen molar-refractivity contribution in [3.63, 3.8) is 0 Å². The Hall–Kier alpha value is -2.20. The molecule has 0 unspecified atom stereocenters. The molecule has 0 aliphatic heterocycles. The normalized spacial score (nSPS) is 21.2. The number of nitrogens with one attached hydrogen (secondary N) is 1. The number of benzene rings is 1. The highest BCUT2D eigenvalue weighted by Gasteiger charge is 2.21. The van der Waals surface area contributed by atoms with Gasteiger partial charge in [0.25, 0.3) is 0 Å². The monoisotopic (exact) mass is 334 g/mol. The van der Waals surface area contributed by atoms with Gasteiger partial charge < -0.3 is 9.88 Å². The lowest BCUT2D eigenvalue weighted by Crippen LogP contribution is -2.29. The smallest absolute Gasteiger partial charge is 0.0651 e. The van der Waals surface area contributed by atoms with E-state index in [0.29, 0.717) is 6.04 Å². The van der Waals surface area contributed by atoms with Crippen molar-refractivity contribution >= 4 is 28.5 Å². The number of hydrogen-bond donors (Lipinski definition) is 1. The summed E-state index contributed by atoms with van der Waals surface area (Å²) in [5.41, 5.74) is 3.43. The van der Waals surface area contributed by atoms with Gasteiger partial charge in [0, 0.05) is 35.4 Å². The van der Waals surface area contributed by atoms with Crippen molar-refractivity contribution in [1.82, 2.24) is 14.9 Å². The highest BCUT2D eigenvalue weighted by molar-refractivity contribution is 6.06. The van der Waals surface area contributed by atoms with Crippen molar-refractivity contribution in [2.24, 2.45) is 10.9 Å². The summed E-state index contributed by atoms with van der Waals surface area (Å²) in [7, 11) is 2.21. The third kappa shape index (κ3) is 3.45. The Morgan fingerprint density at radius 1 is 1.16 bits per heavy atom. The fraction of sp³-hybridized carbons (Fsp3) is 0.429. The van der Waals surface area contributed by atoms with Gasteiger partial charge in [-0.3, -0.25) is 9.98 Å². The maximum absolute atomic E-state index is 4.66. The number of pyridine rings is 1. The molecule has 1 aliphatic rings. The van der Waals surface area contributed by atoms with Crippen molar-refractivity contribution < 1.29 is 0 Å². The summed E-state index contributed by atoms with van der Waals surface area (Å²) >= 11 is 0. The van der Waals surface area contributed by atoms with Gasteiger partial charge in [-0.1, -0.05) is 18.2 Å². The van der Waals surface area contributed by atoms with Gasteiger partial charge in [0.15, 0.2) is 0 Å². The molecule has 25 heavy (non-hydrogen) atoms. The van der Waals surface area contributed by atoms with E-state index in [9.17, 15) is 0 Å². The molecule has 4 rings (SSSR count). The number of hydrogen-bond acceptors (Lipinski definition) is 3. The van der Waals surface area contributed by atoms with Crippen molar-refractivity contribution in [1.29, 1.82) is 0 Å². The number of aromatic amines is 1. The van der Waals surface area contributed by atoms with Gasteiger partial charge in [-0.2, -0.15) is 0 Å². The van der Waals surface area contributed by atoms with Crippen LogP contribution in [-0.2, 0) is 6.54 Å². The predicted molar refractivity (Wildman–Crippen MR) is 105 cm³/mol. The summed E-state index contributed by atoms with van der Waals surface area (Å²) in [6.45, 7) is 5.73. The highest BCUT2D eigenvalue weighted by atomic mass is 15.1. The quantitative estimate of drug-likeness (QED) is 0.703.